The van der Waals surface area contributed by atoms with Gasteiger partial charge in [-0.05, 0) is 43.7 Å². The van der Waals surface area contributed by atoms with E-state index in [0.29, 0.717) is 24.4 Å². The van der Waals surface area contributed by atoms with Crippen molar-refractivity contribution in [3.63, 3.8) is 0 Å². The summed E-state index contributed by atoms with van der Waals surface area (Å²) in [6, 6.07) is 3.85. The lowest BCUT2D eigenvalue weighted by molar-refractivity contribution is -0.134. The summed E-state index contributed by atoms with van der Waals surface area (Å²) in [5.41, 5.74) is 0.0401. The highest BCUT2D eigenvalue weighted by Crippen LogP contribution is 2.32. The van der Waals surface area contributed by atoms with E-state index in [1.807, 2.05) is 0 Å². The summed E-state index contributed by atoms with van der Waals surface area (Å²) in [6.45, 7) is -0.144. The largest absolute Gasteiger partial charge is 0.336 e. The van der Waals surface area contributed by atoms with Crippen LogP contribution in [0.5, 0.6) is 0 Å². The zero-order valence-electron chi connectivity index (χ0n) is 14.6. The molecule has 2 aliphatic heterocycles. The molecule has 0 aromatic heterocycles. The van der Waals surface area contributed by atoms with Crippen molar-refractivity contribution in [2.24, 2.45) is 5.92 Å². The molecule has 2 fully saturated rings. The van der Waals surface area contributed by atoms with Gasteiger partial charge in [-0.3, -0.25) is 9.59 Å². The van der Waals surface area contributed by atoms with Crippen LogP contribution in [-0.4, -0.2) is 42.4 Å². The Kier molecular flexibility index (Phi) is 6.94. The molecule has 2 unspecified atom stereocenters. The number of amides is 2. The summed E-state index contributed by atoms with van der Waals surface area (Å²) in [5.74, 6) is -1.73. The van der Waals surface area contributed by atoms with Crippen LogP contribution in [0, 0.1) is 17.6 Å². The Morgan fingerprint density at radius 2 is 1.73 bits per heavy atom. The van der Waals surface area contributed by atoms with Gasteiger partial charge in [-0.25, -0.2) is 8.78 Å². The van der Waals surface area contributed by atoms with Gasteiger partial charge in [0, 0.05) is 37.3 Å². The minimum absolute atomic E-state index is 0. The summed E-state index contributed by atoms with van der Waals surface area (Å²) in [4.78, 5) is 25.7. The summed E-state index contributed by atoms with van der Waals surface area (Å²) >= 11 is 0. The maximum absolute atomic E-state index is 13.1. The smallest absolute Gasteiger partial charge is 0.243 e. The molecular weight excluding hydrogens is 364 g/mol. The Morgan fingerprint density at radius 3 is 2.31 bits per heavy atom. The molecule has 2 bridgehead atoms. The van der Waals surface area contributed by atoms with Gasteiger partial charge < -0.3 is 15.5 Å². The van der Waals surface area contributed by atoms with E-state index in [1.165, 1.54) is 17.7 Å². The van der Waals surface area contributed by atoms with Gasteiger partial charge in [0.05, 0.1) is 6.54 Å². The van der Waals surface area contributed by atoms with Crippen molar-refractivity contribution < 1.29 is 18.4 Å². The van der Waals surface area contributed by atoms with Crippen molar-refractivity contribution in [2.75, 3.05) is 18.9 Å². The molecule has 2 N–H and O–H groups in total. The molecule has 0 saturated carbocycles. The number of nitrogens with zero attached hydrogens (tertiary/aromatic N) is 1. The van der Waals surface area contributed by atoms with Crippen LogP contribution < -0.4 is 10.6 Å². The van der Waals surface area contributed by atoms with Gasteiger partial charge in [0.2, 0.25) is 11.8 Å². The van der Waals surface area contributed by atoms with Crippen LogP contribution in [0.1, 0.15) is 32.1 Å². The number of anilines is 1. The third kappa shape index (κ3) is 5.38. The highest BCUT2D eigenvalue weighted by molar-refractivity contribution is 5.94. The average molecular weight is 388 g/mol. The van der Waals surface area contributed by atoms with Crippen molar-refractivity contribution >= 4 is 29.9 Å². The van der Waals surface area contributed by atoms with Gasteiger partial charge in [-0.1, -0.05) is 0 Å². The normalized spacial score (nSPS) is 23.9. The molecule has 2 aliphatic rings. The minimum Gasteiger partial charge on any atom is -0.336 e. The molecule has 3 rings (SSSR count). The lowest BCUT2D eigenvalue weighted by Gasteiger charge is -2.29. The van der Waals surface area contributed by atoms with Crippen LogP contribution in [-0.2, 0) is 9.59 Å². The Labute approximate surface area is 157 Å². The van der Waals surface area contributed by atoms with E-state index < -0.39 is 17.5 Å². The monoisotopic (exact) mass is 387 g/mol. The number of likely N-dealkylation sites (N-methyl/N-ethyl adjacent to an activating group) is 1. The number of benzene rings is 1. The fourth-order valence-corrected chi connectivity index (χ4v) is 3.87. The Hall–Kier alpha value is -1.73. The molecule has 144 valence electrons. The third-order valence-corrected chi connectivity index (χ3v) is 4.99. The van der Waals surface area contributed by atoms with Crippen molar-refractivity contribution in [1.29, 1.82) is 0 Å². The first-order valence-electron chi connectivity index (χ1n) is 8.65. The number of nitrogens with one attached hydrogen (secondary N) is 2. The zero-order chi connectivity index (χ0) is 18.0. The van der Waals surface area contributed by atoms with Crippen LogP contribution in [0.15, 0.2) is 18.2 Å². The second-order valence-electron chi connectivity index (χ2n) is 7.14. The highest BCUT2D eigenvalue weighted by atomic mass is 35.5. The molecule has 0 radical (unpaired) electrons. The Bertz CT molecular complexity index is 642. The third-order valence-electron chi connectivity index (χ3n) is 4.99. The van der Waals surface area contributed by atoms with Crippen molar-refractivity contribution in [1.82, 2.24) is 10.2 Å². The van der Waals surface area contributed by atoms with E-state index in [2.05, 4.69) is 10.6 Å². The molecule has 8 heteroatoms. The lowest BCUT2D eigenvalue weighted by atomic mass is 9.89. The Balaban J connectivity index is 0.00000243. The van der Waals surface area contributed by atoms with Crippen LogP contribution in [0.3, 0.4) is 0 Å². The summed E-state index contributed by atoms with van der Waals surface area (Å²) in [5, 5.41) is 5.96. The zero-order valence-corrected chi connectivity index (χ0v) is 15.5. The van der Waals surface area contributed by atoms with Crippen molar-refractivity contribution in [3.8, 4) is 0 Å². The van der Waals surface area contributed by atoms with E-state index in [-0.39, 0.29) is 30.5 Å². The molecule has 26 heavy (non-hydrogen) atoms. The fraction of sp³-hybridized carbons (Fsp3) is 0.556. The number of hydrogen-bond donors (Lipinski definition) is 2. The average Bonchev–Trinajstić information content (AvgIpc) is 2.84. The number of hydrogen-bond acceptors (Lipinski definition) is 3. The number of carbonyl (C=O) groups excluding carboxylic acids is 2. The molecule has 2 atom stereocenters. The number of rotatable bonds is 5. The molecule has 0 spiro atoms. The predicted octanol–water partition coefficient (Wildman–Crippen LogP) is 2.70. The van der Waals surface area contributed by atoms with E-state index in [9.17, 15) is 18.4 Å². The first-order chi connectivity index (χ1) is 11.9. The molecular formula is C18H24ClF2N3O2. The second-order valence-corrected chi connectivity index (χ2v) is 7.14. The maximum Gasteiger partial charge on any atom is 0.243 e. The van der Waals surface area contributed by atoms with Crippen molar-refractivity contribution in [2.45, 2.75) is 44.2 Å². The SMILES string of the molecule is CN(CC(=O)Nc1cc(F)cc(F)c1)C(=O)CC1CC2CCC(C1)N2.Cl. The van der Waals surface area contributed by atoms with Gasteiger partial charge in [-0.2, -0.15) is 0 Å². The topological polar surface area (TPSA) is 61.4 Å². The van der Waals surface area contributed by atoms with E-state index in [4.69, 9.17) is 0 Å². The summed E-state index contributed by atoms with van der Waals surface area (Å²) in [7, 11) is 1.57. The summed E-state index contributed by atoms with van der Waals surface area (Å²) in [6.07, 6.45) is 4.80. The summed E-state index contributed by atoms with van der Waals surface area (Å²) < 4.78 is 26.3. The number of fused-ring (bicyclic) bond motifs is 2. The first-order valence-corrected chi connectivity index (χ1v) is 8.65. The molecule has 0 aliphatic carbocycles. The molecule has 1 aromatic rings. The quantitative estimate of drug-likeness (QED) is 0.816. The van der Waals surface area contributed by atoms with Gasteiger partial charge >= 0.3 is 0 Å². The number of halogens is 3. The van der Waals surface area contributed by atoms with Crippen LogP contribution in [0.4, 0.5) is 14.5 Å². The highest BCUT2D eigenvalue weighted by Gasteiger charge is 2.34. The minimum atomic E-state index is -0.764. The maximum atomic E-state index is 13.1. The molecule has 1 aromatic carbocycles. The first kappa shape index (κ1) is 20.6. The number of piperidine rings is 1. The van der Waals surface area contributed by atoms with Crippen LogP contribution >= 0.6 is 12.4 Å². The van der Waals surface area contributed by atoms with E-state index >= 15 is 0 Å². The molecule has 2 saturated heterocycles. The molecule has 2 heterocycles. The lowest BCUT2D eigenvalue weighted by Crippen LogP contribution is -2.41. The van der Waals surface area contributed by atoms with Crippen LogP contribution in [0.25, 0.3) is 0 Å². The van der Waals surface area contributed by atoms with Crippen molar-refractivity contribution in [3.05, 3.63) is 29.8 Å². The van der Waals surface area contributed by atoms with Gasteiger partial charge in [0.1, 0.15) is 11.6 Å². The van der Waals surface area contributed by atoms with E-state index in [1.54, 1.807) is 7.05 Å². The van der Waals surface area contributed by atoms with Gasteiger partial charge in [-0.15, -0.1) is 12.4 Å². The van der Waals surface area contributed by atoms with Gasteiger partial charge in [0.15, 0.2) is 0 Å². The molecule has 5 nitrogen and oxygen atoms in total. The standard InChI is InChI=1S/C18H23F2N3O2.ClH/c1-23(10-17(24)22-16-8-12(19)7-13(20)9-16)18(25)6-11-4-14-2-3-15(5-11)21-14;/h7-9,11,14-15,21H,2-6,10H2,1H3,(H,22,24);1H. The van der Waals surface area contributed by atoms with Gasteiger partial charge in [0.25, 0.3) is 0 Å². The predicted molar refractivity (Wildman–Crippen MR) is 97.2 cm³/mol. The fourth-order valence-electron chi connectivity index (χ4n) is 3.87. The second kappa shape index (κ2) is 8.77. The number of carbonyl (C=O) groups is 2. The van der Waals surface area contributed by atoms with E-state index in [0.717, 1.165) is 31.0 Å². The Morgan fingerprint density at radius 1 is 1.15 bits per heavy atom. The molecule has 2 amide bonds. The van der Waals surface area contributed by atoms with Crippen LogP contribution in [0.2, 0.25) is 0 Å².